The second-order valence-electron chi connectivity index (χ2n) is 3.93. The third-order valence-electron chi connectivity index (χ3n) is 2.52. The first-order valence-electron chi connectivity index (χ1n) is 5.00. The van der Waals surface area contributed by atoms with Gasteiger partial charge in [0.1, 0.15) is 5.82 Å². The van der Waals surface area contributed by atoms with Gasteiger partial charge in [-0.2, -0.15) is 0 Å². The molecular weight excluding hydrogens is 177 g/mol. The van der Waals surface area contributed by atoms with Gasteiger partial charge in [0.15, 0.2) is 0 Å². The standard InChI is InChI=1S/C12H18FN/c1-8(2)12-9(3)10(7-14-4)5-6-11(12)13/h5-6,8,14H,7H2,1-4H3. The van der Waals surface area contributed by atoms with Crippen molar-refractivity contribution in [1.29, 1.82) is 0 Å². The normalized spacial score (nSPS) is 11.0. The fourth-order valence-electron chi connectivity index (χ4n) is 1.83. The molecule has 0 aliphatic rings. The molecule has 0 atom stereocenters. The summed E-state index contributed by atoms with van der Waals surface area (Å²) in [7, 11) is 1.90. The van der Waals surface area contributed by atoms with Crippen LogP contribution in [0.3, 0.4) is 0 Å². The molecule has 78 valence electrons. The van der Waals surface area contributed by atoms with Gasteiger partial charge in [-0.25, -0.2) is 4.39 Å². The molecule has 1 aromatic carbocycles. The van der Waals surface area contributed by atoms with Crippen LogP contribution in [0, 0.1) is 12.7 Å². The van der Waals surface area contributed by atoms with Crippen molar-refractivity contribution in [1.82, 2.24) is 5.32 Å². The first-order valence-corrected chi connectivity index (χ1v) is 5.00. The first kappa shape index (κ1) is 11.2. The van der Waals surface area contributed by atoms with Gasteiger partial charge in [0.25, 0.3) is 0 Å². The molecule has 0 aliphatic carbocycles. The summed E-state index contributed by atoms with van der Waals surface area (Å²) in [4.78, 5) is 0. The second-order valence-corrected chi connectivity index (χ2v) is 3.93. The number of halogens is 1. The molecule has 1 rings (SSSR count). The summed E-state index contributed by atoms with van der Waals surface area (Å²) in [6.45, 7) is 6.83. The van der Waals surface area contributed by atoms with Crippen molar-refractivity contribution >= 4 is 0 Å². The third-order valence-corrected chi connectivity index (χ3v) is 2.52. The van der Waals surface area contributed by atoms with Crippen LogP contribution < -0.4 is 5.32 Å². The van der Waals surface area contributed by atoms with E-state index in [2.05, 4.69) is 5.32 Å². The Kier molecular flexibility index (Phi) is 3.64. The highest BCUT2D eigenvalue weighted by atomic mass is 19.1. The summed E-state index contributed by atoms with van der Waals surface area (Å²) in [5, 5.41) is 3.09. The molecular formula is C12H18FN. The molecule has 0 spiro atoms. The van der Waals surface area contributed by atoms with E-state index >= 15 is 0 Å². The highest BCUT2D eigenvalue weighted by Crippen LogP contribution is 2.25. The van der Waals surface area contributed by atoms with Crippen LogP contribution in [0.1, 0.15) is 36.5 Å². The van der Waals surface area contributed by atoms with Crippen LogP contribution in [0.25, 0.3) is 0 Å². The fraction of sp³-hybridized carbons (Fsp3) is 0.500. The van der Waals surface area contributed by atoms with Gasteiger partial charge in [0.05, 0.1) is 0 Å². The monoisotopic (exact) mass is 195 g/mol. The fourth-order valence-corrected chi connectivity index (χ4v) is 1.83. The Balaban J connectivity index is 3.19. The van der Waals surface area contributed by atoms with Gasteiger partial charge in [0, 0.05) is 6.54 Å². The lowest BCUT2D eigenvalue weighted by atomic mass is 9.93. The van der Waals surface area contributed by atoms with Gasteiger partial charge in [-0.1, -0.05) is 19.9 Å². The highest BCUT2D eigenvalue weighted by Gasteiger charge is 2.12. The molecule has 0 saturated carbocycles. The molecule has 0 heterocycles. The summed E-state index contributed by atoms with van der Waals surface area (Å²) in [6.07, 6.45) is 0. The van der Waals surface area contributed by atoms with Gasteiger partial charge in [-0.15, -0.1) is 0 Å². The van der Waals surface area contributed by atoms with Crippen LogP contribution in [0.5, 0.6) is 0 Å². The molecule has 2 heteroatoms. The van der Waals surface area contributed by atoms with Crippen LogP contribution in [-0.4, -0.2) is 7.05 Å². The number of nitrogens with one attached hydrogen (secondary N) is 1. The number of benzene rings is 1. The Hall–Kier alpha value is -0.890. The van der Waals surface area contributed by atoms with E-state index in [1.807, 2.05) is 33.9 Å². The summed E-state index contributed by atoms with van der Waals surface area (Å²) in [6, 6.07) is 3.42. The molecule has 0 amide bonds. The van der Waals surface area contributed by atoms with Crippen LogP contribution in [0.15, 0.2) is 12.1 Å². The highest BCUT2D eigenvalue weighted by molar-refractivity contribution is 5.37. The summed E-state index contributed by atoms with van der Waals surface area (Å²) >= 11 is 0. The van der Waals surface area contributed by atoms with Gasteiger partial charge in [-0.05, 0) is 42.6 Å². The number of rotatable bonds is 3. The van der Waals surface area contributed by atoms with Crippen LogP contribution in [0.2, 0.25) is 0 Å². The Morgan fingerprint density at radius 1 is 1.36 bits per heavy atom. The van der Waals surface area contributed by atoms with Crippen molar-refractivity contribution < 1.29 is 4.39 Å². The maximum atomic E-state index is 13.5. The van der Waals surface area contributed by atoms with Crippen molar-refractivity contribution in [3.05, 3.63) is 34.6 Å². The Bertz CT molecular complexity index is 318. The summed E-state index contributed by atoms with van der Waals surface area (Å²) in [5.41, 5.74) is 3.10. The Morgan fingerprint density at radius 3 is 2.50 bits per heavy atom. The van der Waals surface area contributed by atoms with E-state index in [1.54, 1.807) is 6.07 Å². The van der Waals surface area contributed by atoms with Gasteiger partial charge in [-0.3, -0.25) is 0 Å². The predicted molar refractivity (Wildman–Crippen MR) is 58.0 cm³/mol. The minimum absolute atomic E-state index is 0.0858. The number of hydrogen-bond acceptors (Lipinski definition) is 1. The minimum Gasteiger partial charge on any atom is -0.316 e. The van der Waals surface area contributed by atoms with E-state index in [0.29, 0.717) is 0 Å². The lowest BCUT2D eigenvalue weighted by molar-refractivity contribution is 0.593. The van der Waals surface area contributed by atoms with Crippen LogP contribution >= 0.6 is 0 Å². The van der Waals surface area contributed by atoms with E-state index < -0.39 is 0 Å². The zero-order valence-electron chi connectivity index (χ0n) is 9.32. The lowest BCUT2D eigenvalue weighted by Gasteiger charge is -2.14. The SMILES string of the molecule is CNCc1ccc(F)c(C(C)C)c1C. The topological polar surface area (TPSA) is 12.0 Å². The van der Waals surface area contributed by atoms with Gasteiger partial charge < -0.3 is 5.32 Å². The molecule has 0 aliphatic heterocycles. The minimum atomic E-state index is -0.0858. The Morgan fingerprint density at radius 2 is 2.00 bits per heavy atom. The molecule has 1 N–H and O–H groups in total. The second kappa shape index (κ2) is 4.56. The van der Waals surface area contributed by atoms with Crippen molar-refractivity contribution in [2.45, 2.75) is 33.2 Å². The quantitative estimate of drug-likeness (QED) is 0.781. The predicted octanol–water partition coefficient (Wildman–Crippen LogP) is 2.98. The summed E-state index contributed by atoms with van der Waals surface area (Å²) in [5.74, 6) is 0.157. The van der Waals surface area contributed by atoms with E-state index in [1.165, 1.54) is 5.56 Å². The largest absolute Gasteiger partial charge is 0.316 e. The van der Waals surface area contributed by atoms with E-state index in [0.717, 1.165) is 17.7 Å². The van der Waals surface area contributed by atoms with Crippen molar-refractivity contribution in [2.75, 3.05) is 7.05 Å². The zero-order chi connectivity index (χ0) is 10.7. The molecule has 0 unspecified atom stereocenters. The molecule has 1 nitrogen and oxygen atoms in total. The average Bonchev–Trinajstić information content (AvgIpc) is 2.10. The maximum Gasteiger partial charge on any atom is 0.126 e. The molecule has 1 aromatic rings. The molecule has 0 radical (unpaired) electrons. The van der Waals surface area contributed by atoms with E-state index in [-0.39, 0.29) is 11.7 Å². The van der Waals surface area contributed by atoms with Crippen molar-refractivity contribution in [3.8, 4) is 0 Å². The van der Waals surface area contributed by atoms with Crippen molar-refractivity contribution in [3.63, 3.8) is 0 Å². The smallest absolute Gasteiger partial charge is 0.126 e. The first-order chi connectivity index (χ1) is 6.57. The van der Waals surface area contributed by atoms with E-state index in [9.17, 15) is 4.39 Å². The molecule has 0 fully saturated rings. The lowest BCUT2D eigenvalue weighted by Crippen LogP contribution is -2.09. The molecule has 0 saturated heterocycles. The molecule has 14 heavy (non-hydrogen) atoms. The average molecular weight is 195 g/mol. The van der Waals surface area contributed by atoms with E-state index in [4.69, 9.17) is 0 Å². The number of hydrogen-bond donors (Lipinski definition) is 1. The van der Waals surface area contributed by atoms with Crippen molar-refractivity contribution in [2.24, 2.45) is 0 Å². The van der Waals surface area contributed by atoms with Crippen LogP contribution in [-0.2, 0) is 6.54 Å². The zero-order valence-corrected chi connectivity index (χ0v) is 9.32. The van der Waals surface area contributed by atoms with Gasteiger partial charge >= 0.3 is 0 Å². The van der Waals surface area contributed by atoms with Gasteiger partial charge in [0.2, 0.25) is 0 Å². The Labute approximate surface area is 85.3 Å². The molecule has 0 aromatic heterocycles. The maximum absolute atomic E-state index is 13.5. The summed E-state index contributed by atoms with van der Waals surface area (Å²) < 4.78 is 13.5. The van der Waals surface area contributed by atoms with Crippen LogP contribution in [0.4, 0.5) is 4.39 Å². The third kappa shape index (κ3) is 2.13. The molecule has 0 bridgehead atoms.